The summed E-state index contributed by atoms with van der Waals surface area (Å²) < 4.78 is 11.2. The Morgan fingerprint density at radius 3 is 2.66 bits per heavy atom. The van der Waals surface area contributed by atoms with Crippen LogP contribution >= 0.6 is 0 Å². The van der Waals surface area contributed by atoms with Crippen LogP contribution < -0.4 is 10.2 Å². The third-order valence-corrected chi connectivity index (χ3v) is 5.01. The van der Waals surface area contributed by atoms with E-state index in [4.69, 9.17) is 9.26 Å². The molecule has 1 N–H and O–H groups in total. The summed E-state index contributed by atoms with van der Waals surface area (Å²) in [5.74, 6) is 1.01. The summed E-state index contributed by atoms with van der Waals surface area (Å²) in [4.78, 5) is 16.6. The zero-order valence-electron chi connectivity index (χ0n) is 16.4. The second kappa shape index (κ2) is 8.87. The fraction of sp³-hybridized carbons (Fsp3) is 0.318. The van der Waals surface area contributed by atoms with E-state index in [1.54, 1.807) is 12.1 Å². The highest BCUT2D eigenvalue weighted by atomic mass is 16.5. The molecule has 2 aromatic heterocycles. The van der Waals surface area contributed by atoms with Gasteiger partial charge >= 0.3 is 0 Å². The lowest BCUT2D eigenvalue weighted by atomic mass is 10.1. The Bertz CT molecular complexity index is 948. The fourth-order valence-electron chi connectivity index (χ4n) is 3.34. The molecule has 1 amide bonds. The van der Waals surface area contributed by atoms with Gasteiger partial charge in [-0.15, -0.1) is 0 Å². The Labute approximate surface area is 169 Å². The molecule has 0 saturated carbocycles. The van der Waals surface area contributed by atoms with Crippen molar-refractivity contribution in [1.29, 1.82) is 0 Å². The van der Waals surface area contributed by atoms with Crippen molar-refractivity contribution in [3.8, 4) is 17.1 Å². The maximum atomic E-state index is 12.4. The van der Waals surface area contributed by atoms with Crippen LogP contribution in [-0.2, 0) is 6.61 Å². The molecule has 1 fully saturated rings. The summed E-state index contributed by atoms with van der Waals surface area (Å²) in [5, 5.41) is 6.13. The predicted octanol–water partition coefficient (Wildman–Crippen LogP) is 3.75. The number of rotatable bonds is 6. The van der Waals surface area contributed by atoms with Crippen LogP contribution in [0.2, 0.25) is 0 Å². The van der Waals surface area contributed by atoms with E-state index in [9.17, 15) is 4.79 Å². The Kier molecular flexibility index (Phi) is 5.86. The van der Waals surface area contributed by atoms with Gasteiger partial charge < -0.3 is 9.26 Å². The van der Waals surface area contributed by atoms with Gasteiger partial charge in [0, 0.05) is 30.9 Å². The van der Waals surface area contributed by atoms with Crippen molar-refractivity contribution in [1.82, 2.24) is 20.6 Å². The third kappa shape index (κ3) is 4.63. The number of ether oxygens (including phenoxy) is 1. The van der Waals surface area contributed by atoms with Gasteiger partial charge in [-0.2, -0.15) is 0 Å². The van der Waals surface area contributed by atoms with Gasteiger partial charge in [0.15, 0.2) is 0 Å². The van der Waals surface area contributed by atoms with Crippen molar-refractivity contribution in [3.05, 3.63) is 65.5 Å². The second-order valence-corrected chi connectivity index (χ2v) is 7.09. The second-order valence-electron chi connectivity index (χ2n) is 7.09. The minimum Gasteiger partial charge on any atom is -0.473 e. The van der Waals surface area contributed by atoms with Crippen LogP contribution in [0.3, 0.4) is 0 Å². The lowest BCUT2D eigenvalue weighted by Crippen LogP contribution is -2.45. The molecule has 0 unspecified atom stereocenters. The Balaban J connectivity index is 1.39. The van der Waals surface area contributed by atoms with Crippen LogP contribution in [-0.4, -0.2) is 34.1 Å². The van der Waals surface area contributed by atoms with Gasteiger partial charge in [0.05, 0.1) is 11.1 Å². The number of carbonyl (C=O) groups is 1. The van der Waals surface area contributed by atoms with E-state index in [1.807, 2.05) is 42.3 Å². The average Bonchev–Trinajstić information content (AvgIpc) is 3.14. The molecule has 1 aliphatic rings. The molecule has 1 aliphatic heterocycles. The van der Waals surface area contributed by atoms with E-state index >= 15 is 0 Å². The fourth-order valence-corrected chi connectivity index (χ4v) is 3.34. The molecule has 0 spiro atoms. The van der Waals surface area contributed by atoms with Gasteiger partial charge in [0.2, 0.25) is 5.88 Å². The Hall–Kier alpha value is -3.19. The molecule has 7 heteroatoms. The standard InChI is InChI=1S/C22H24N4O3/c1-16-19(21(25-29-16)17-8-4-2-5-9-17)15-28-20-11-10-18(14-23-20)22(27)24-26-12-6-3-7-13-26/h2,4-5,8-11,14H,3,6-7,12-13,15H2,1H3,(H,24,27). The SMILES string of the molecule is Cc1onc(-c2ccccc2)c1COc1ccc(C(=O)NN2CCCCC2)cn1. The summed E-state index contributed by atoms with van der Waals surface area (Å²) in [6.45, 7) is 3.93. The molecule has 1 aromatic carbocycles. The van der Waals surface area contributed by atoms with Crippen LogP contribution in [0.5, 0.6) is 5.88 Å². The third-order valence-electron chi connectivity index (χ3n) is 5.01. The minimum atomic E-state index is -0.146. The number of pyridine rings is 1. The van der Waals surface area contributed by atoms with Gasteiger partial charge in [0.25, 0.3) is 5.91 Å². The summed E-state index contributed by atoms with van der Waals surface area (Å²) in [6.07, 6.45) is 4.97. The van der Waals surface area contributed by atoms with Gasteiger partial charge in [-0.05, 0) is 25.8 Å². The summed E-state index contributed by atoms with van der Waals surface area (Å²) in [5.41, 5.74) is 6.06. The number of aromatic nitrogens is 2. The van der Waals surface area contributed by atoms with Crippen molar-refractivity contribution in [2.75, 3.05) is 13.1 Å². The van der Waals surface area contributed by atoms with Gasteiger partial charge in [0.1, 0.15) is 18.1 Å². The number of amides is 1. The first-order valence-electron chi connectivity index (χ1n) is 9.86. The van der Waals surface area contributed by atoms with E-state index in [-0.39, 0.29) is 12.5 Å². The summed E-state index contributed by atoms with van der Waals surface area (Å²) in [6, 6.07) is 13.3. The topological polar surface area (TPSA) is 80.5 Å². The first kappa shape index (κ1) is 19.1. The van der Waals surface area contributed by atoms with Crippen LogP contribution in [0, 0.1) is 6.92 Å². The monoisotopic (exact) mass is 392 g/mol. The zero-order chi connectivity index (χ0) is 20.1. The molecule has 7 nitrogen and oxygen atoms in total. The summed E-state index contributed by atoms with van der Waals surface area (Å²) in [7, 11) is 0. The highest BCUT2D eigenvalue weighted by Gasteiger charge is 2.17. The van der Waals surface area contributed by atoms with Crippen molar-refractivity contribution >= 4 is 5.91 Å². The summed E-state index contributed by atoms with van der Waals surface area (Å²) >= 11 is 0. The Morgan fingerprint density at radius 2 is 1.93 bits per heavy atom. The molecule has 0 radical (unpaired) electrons. The van der Waals surface area contributed by atoms with Crippen molar-refractivity contribution < 1.29 is 14.1 Å². The largest absolute Gasteiger partial charge is 0.473 e. The highest BCUT2D eigenvalue weighted by molar-refractivity contribution is 5.93. The molecule has 0 atom stereocenters. The molecular formula is C22H24N4O3. The van der Waals surface area contributed by atoms with Crippen molar-refractivity contribution in [2.24, 2.45) is 0 Å². The maximum Gasteiger partial charge on any atom is 0.267 e. The number of hydrogen-bond donors (Lipinski definition) is 1. The number of nitrogens with zero attached hydrogens (tertiary/aromatic N) is 3. The quantitative estimate of drug-likeness (QED) is 0.688. The normalized spacial score (nSPS) is 14.5. The maximum absolute atomic E-state index is 12.4. The molecule has 1 saturated heterocycles. The first-order valence-corrected chi connectivity index (χ1v) is 9.86. The lowest BCUT2D eigenvalue weighted by molar-refractivity contribution is 0.0749. The average molecular weight is 392 g/mol. The lowest BCUT2D eigenvalue weighted by Gasteiger charge is -2.26. The first-order chi connectivity index (χ1) is 14.2. The van der Waals surface area contributed by atoms with E-state index in [0.717, 1.165) is 42.8 Å². The molecule has 3 aromatic rings. The van der Waals surface area contributed by atoms with Crippen molar-refractivity contribution in [3.63, 3.8) is 0 Å². The molecule has 3 heterocycles. The van der Waals surface area contributed by atoms with Gasteiger partial charge in [-0.1, -0.05) is 41.9 Å². The molecule has 150 valence electrons. The molecular weight excluding hydrogens is 368 g/mol. The molecule has 4 rings (SSSR count). The zero-order valence-corrected chi connectivity index (χ0v) is 16.4. The number of nitrogens with one attached hydrogen (secondary N) is 1. The van der Waals surface area contributed by atoms with E-state index in [1.165, 1.54) is 12.6 Å². The number of carbonyl (C=O) groups excluding carboxylic acids is 1. The van der Waals surface area contributed by atoms with Crippen LogP contribution in [0.1, 0.15) is 40.9 Å². The van der Waals surface area contributed by atoms with Crippen LogP contribution in [0.4, 0.5) is 0 Å². The number of aryl methyl sites for hydroxylation is 1. The predicted molar refractivity (Wildman–Crippen MR) is 108 cm³/mol. The molecule has 29 heavy (non-hydrogen) atoms. The van der Waals surface area contributed by atoms with Crippen molar-refractivity contribution in [2.45, 2.75) is 32.8 Å². The molecule has 0 aliphatic carbocycles. The van der Waals surface area contributed by atoms with E-state index in [2.05, 4.69) is 15.6 Å². The number of piperidine rings is 1. The van der Waals surface area contributed by atoms with Gasteiger partial charge in [-0.25, -0.2) is 9.99 Å². The molecule has 0 bridgehead atoms. The smallest absolute Gasteiger partial charge is 0.267 e. The highest BCUT2D eigenvalue weighted by Crippen LogP contribution is 2.26. The van der Waals surface area contributed by atoms with Gasteiger partial charge in [-0.3, -0.25) is 10.2 Å². The van der Waals surface area contributed by atoms with E-state index < -0.39 is 0 Å². The number of hydrogen-bond acceptors (Lipinski definition) is 6. The van der Waals surface area contributed by atoms with Crippen LogP contribution in [0.25, 0.3) is 11.3 Å². The number of hydrazine groups is 1. The number of benzene rings is 1. The Morgan fingerprint density at radius 1 is 1.14 bits per heavy atom. The van der Waals surface area contributed by atoms with Crippen LogP contribution in [0.15, 0.2) is 53.2 Å². The van der Waals surface area contributed by atoms with E-state index in [0.29, 0.717) is 17.2 Å². The minimum absolute atomic E-state index is 0.146.